The van der Waals surface area contributed by atoms with Crippen molar-refractivity contribution >= 4 is 23.2 Å². The summed E-state index contributed by atoms with van der Waals surface area (Å²) in [4.78, 5) is 52.0. The van der Waals surface area contributed by atoms with Gasteiger partial charge in [-0.2, -0.15) is 0 Å². The van der Waals surface area contributed by atoms with Crippen LogP contribution in [0, 0.1) is 0 Å². The molecule has 0 saturated carbocycles. The van der Waals surface area contributed by atoms with Gasteiger partial charge in [0, 0.05) is 161 Å². The molecule has 0 unspecified atom stereocenters. The van der Waals surface area contributed by atoms with Crippen molar-refractivity contribution < 1.29 is 0 Å². The number of rotatable bonds is 0. The Morgan fingerprint density at radius 3 is 0.386 bits per heavy atom. The Morgan fingerprint density at radius 1 is 0.205 bits per heavy atom. The zero-order valence-electron chi connectivity index (χ0n) is 23.0. The Kier molecular flexibility index (Phi) is 24.7. The van der Waals surface area contributed by atoms with Crippen LogP contribution in [0.3, 0.4) is 0 Å². The number of hydrogen-bond acceptors (Lipinski definition) is 14. The quantitative estimate of drug-likeness (QED) is 0.226. The maximum Gasteiger partial charge on any atom is 0.166 e. The Balaban J connectivity index is 0.000000257. The zero-order valence-corrected chi connectivity index (χ0v) is 24.5. The van der Waals surface area contributed by atoms with Crippen LogP contribution in [0.25, 0.3) is 0 Å². The van der Waals surface area contributed by atoms with E-state index in [0.717, 1.165) is 0 Å². The second kappa shape index (κ2) is 30.1. The number of halogens is 2. The van der Waals surface area contributed by atoms with Crippen LogP contribution >= 0.6 is 23.2 Å². The van der Waals surface area contributed by atoms with Crippen LogP contribution in [0.15, 0.2) is 161 Å². The summed E-state index contributed by atoms with van der Waals surface area (Å²) in [6.45, 7) is 0. The summed E-state index contributed by atoms with van der Waals surface area (Å²) in [7, 11) is 0. The maximum absolute atomic E-state index is 5.40. The van der Waals surface area contributed by atoms with Crippen molar-refractivity contribution in [1.82, 2.24) is 69.8 Å². The Morgan fingerprint density at radius 2 is 0.318 bits per heavy atom. The number of aromatic nitrogens is 14. The fourth-order valence-corrected chi connectivity index (χ4v) is 2.03. The fraction of sp³-hybridized carbons (Fsp3) is 0. The molecule has 7 heterocycles. The maximum atomic E-state index is 5.40. The van der Waals surface area contributed by atoms with Crippen LogP contribution in [-0.2, 0) is 0 Å². The van der Waals surface area contributed by atoms with Crippen LogP contribution in [0.5, 0.6) is 0 Å². The Labute approximate surface area is 263 Å². The van der Waals surface area contributed by atoms with Gasteiger partial charge in [0.2, 0.25) is 0 Å². The fourth-order valence-electron chi connectivity index (χ4n) is 1.82. The molecule has 7 rings (SSSR count). The number of hydrogen-bond donors (Lipinski definition) is 0. The van der Waals surface area contributed by atoms with Crippen LogP contribution in [-0.4, -0.2) is 69.8 Å². The molecular weight excluding hydrogens is 603 g/mol. The molecule has 0 amide bonds. The van der Waals surface area contributed by atoms with E-state index in [9.17, 15) is 0 Å². The van der Waals surface area contributed by atoms with Crippen molar-refractivity contribution in [3.8, 4) is 0 Å². The summed E-state index contributed by atoms with van der Waals surface area (Å²) < 4.78 is 0. The van der Waals surface area contributed by atoms with Gasteiger partial charge in [-0.3, -0.25) is 59.8 Å². The van der Waals surface area contributed by atoms with E-state index in [1.807, 2.05) is 0 Å². The zero-order chi connectivity index (χ0) is 31.4. The van der Waals surface area contributed by atoms with E-state index in [2.05, 4.69) is 69.8 Å². The second-order valence-electron chi connectivity index (χ2n) is 6.50. The first-order chi connectivity index (χ1) is 21.8. The topological polar surface area (TPSA) is 180 Å². The molecule has 0 aliphatic rings. The standard InChI is InChI=1S/C4H2Cl2N2.6C4H4N2/c5-3-4(6)8-2-1-7-3;6*1-2-6-4-3-5-1/h1-2H;6*1-4H. The molecular formula is C28H26Cl2N14. The molecule has 0 atom stereocenters. The highest BCUT2D eigenvalue weighted by molar-refractivity contribution is 6.40. The highest BCUT2D eigenvalue weighted by atomic mass is 35.5. The van der Waals surface area contributed by atoms with E-state index in [1.165, 1.54) is 12.4 Å². The summed E-state index contributed by atoms with van der Waals surface area (Å²) >= 11 is 10.8. The van der Waals surface area contributed by atoms with E-state index in [4.69, 9.17) is 23.2 Å². The monoisotopic (exact) mass is 628 g/mol. The lowest BCUT2D eigenvalue weighted by molar-refractivity contribution is 1.20. The molecule has 0 radical (unpaired) electrons. The Hall–Kier alpha value is -5.86. The van der Waals surface area contributed by atoms with Crippen molar-refractivity contribution in [2.75, 3.05) is 0 Å². The van der Waals surface area contributed by atoms with E-state index < -0.39 is 0 Å². The first-order valence-electron chi connectivity index (χ1n) is 12.1. The highest BCUT2D eigenvalue weighted by Crippen LogP contribution is 2.12. The lowest BCUT2D eigenvalue weighted by Gasteiger charge is -1.86. The SMILES string of the molecule is Clc1nccnc1Cl.c1cnccn1.c1cnccn1.c1cnccn1.c1cnccn1.c1cnccn1.c1cnccn1. The van der Waals surface area contributed by atoms with Gasteiger partial charge in [0.15, 0.2) is 10.3 Å². The molecule has 0 aliphatic heterocycles. The van der Waals surface area contributed by atoms with Gasteiger partial charge in [0.05, 0.1) is 0 Å². The molecule has 0 bridgehead atoms. The Bertz CT molecular complexity index is 1040. The summed E-state index contributed by atoms with van der Waals surface area (Å²) in [5.41, 5.74) is 0. The lowest BCUT2D eigenvalue weighted by atomic mass is 10.8. The molecule has 0 aliphatic carbocycles. The molecule has 7 aromatic rings. The van der Waals surface area contributed by atoms with Gasteiger partial charge in [-0.25, -0.2) is 9.97 Å². The molecule has 0 fully saturated rings. The lowest BCUT2D eigenvalue weighted by Crippen LogP contribution is -1.77. The third-order valence-corrected chi connectivity index (χ3v) is 4.13. The third kappa shape index (κ3) is 26.4. The van der Waals surface area contributed by atoms with Gasteiger partial charge < -0.3 is 0 Å². The molecule has 0 aromatic carbocycles. The molecule has 7 aromatic heterocycles. The van der Waals surface area contributed by atoms with E-state index >= 15 is 0 Å². The molecule has 44 heavy (non-hydrogen) atoms. The first kappa shape index (κ1) is 36.2. The smallest absolute Gasteiger partial charge is 0.166 e. The average Bonchev–Trinajstić information content (AvgIpc) is 3.16. The normalized spacial score (nSPS) is 8.23. The van der Waals surface area contributed by atoms with Crippen LogP contribution in [0.4, 0.5) is 0 Å². The van der Waals surface area contributed by atoms with Gasteiger partial charge >= 0.3 is 0 Å². The van der Waals surface area contributed by atoms with Crippen molar-refractivity contribution in [3.05, 3.63) is 171 Å². The van der Waals surface area contributed by atoms with Crippen LogP contribution < -0.4 is 0 Å². The van der Waals surface area contributed by atoms with E-state index in [0.29, 0.717) is 0 Å². The highest BCUT2D eigenvalue weighted by Gasteiger charge is 1.93. The molecule has 0 spiro atoms. The summed E-state index contributed by atoms with van der Waals surface area (Å²) in [6, 6.07) is 0. The minimum atomic E-state index is 0.245. The second-order valence-corrected chi connectivity index (χ2v) is 7.22. The minimum absolute atomic E-state index is 0.245. The van der Waals surface area contributed by atoms with Crippen molar-refractivity contribution in [1.29, 1.82) is 0 Å². The molecule has 16 heteroatoms. The van der Waals surface area contributed by atoms with E-state index in [-0.39, 0.29) is 10.3 Å². The molecule has 222 valence electrons. The minimum Gasteiger partial charge on any atom is -0.262 e. The molecule has 0 N–H and O–H groups in total. The van der Waals surface area contributed by atoms with E-state index in [1.54, 1.807) is 149 Å². The number of nitrogens with zero attached hydrogens (tertiary/aromatic N) is 14. The van der Waals surface area contributed by atoms with Gasteiger partial charge in [-0.05, 0) is 0 Å². The van der Waals surface area contributed by atoms with Crippen molar-refractivity contribution in [2.24, 2.45) is 0 Å². The van der Waals surface area contributed by atoms with Gasteiger partial charge in [-0.1, -0.05) is 23.2 Å². The van der Waals surface area contributed by atoms with Gasteiger partial charge in [0.25, 0.3) is 0 Å². The molecule has 14 nitrogen and oxygen atoms in total. The van der Waals surface area contributed by atoms with Crippen molar-refractivity contribution in [3.63, 3.8) is 0 Å². The largest absolute Gasteiger partial charge is 0.262 e. The van der Waals surface area contributed by atoms with Crippen LogP contribution in [0.1, 0.15) is 0 Å². The van der Waals surface area contributed by atoms with Crippen LogP contribution in [0.2, 0.25) is 10.3 Å². The predicted octanol–water partition coefficient (Wildman–Crippen LogP) is 4.64. The van der Waals surface area contributed by atoms with Gasteiger partial charge in [-0.15, -0.1) is 0 Å². The summed E-state index contributed by atoms with van der Waals surface area (Å²) in [5, 5.41) is 0.489. The first-order valence-corrected chi connectivity index (χ1v) is 12.9. The predicted molar refractivity (Wildman–Crippen MR) is 164 cm³/mol. The van der Waals surface area contributed by atoms with Gasteiger partial charge in [0.1, 0.15) is 0 Å². The summed E-state index contributed by atoms with van der Waals surface area (Å²) in [5.74, 6) is 0. The summed E-state index contributed by atoms with van der Waals surface area (Å²) in [6.07, 6.45) is 42.3. The van der Waals surface area contributed by atoms with Crippen molar-refractivity contribution in [2.45, 2.75) is 0 Å². The third-order valence-electron chi connectivity index (χ3n) is 3.48. The average molecular weight is 630 g/mol. The molecule has 0 saturated heterocycles.